The molecule has 11 heteroatoms. The summed E-state index contributed by atoms with van der Waals surface area (Å²) in [7, 11) is -3.79. The third-order valence-electron chi connectivity index (χ3n) is 9.56. The van der Waals surface area contributed by atoms with Gasteiger partial charge >= 0.3 is 0 Å². The van der Waals surface area contributed by atoms with Crippen molar-refractivity contribution in [1.29, 1.82) is 5.41 Å². The molecule has 47 heavy (non-hydrogen) atoms. The van der Waals surface area contributed by atoms with Crippen LogP contribution in [0, 0.1) is 17.1 Å². The number of nitrogens with zero attached hydrogens (tertiary/aromatic N) is 1. The first-order valence-electron chi connectivity index (χ1n) is 16.2. The molecule has 0 saturated carbocycles. The van der Waals surface area contributed by atoms with Crippen molar-refractivity contribution in [3.8, 4) is 0 Å². The first kappa shape index (κ1) is 35.2. The van der Waals surface area contributed by atoms with Crippen molar-refractivity contribution in [1.82, 2.24) is 9.62 Å². The number of hydrogen-bond acceptors (Lipinski definition) is 6. The molecular weight excluding hydrogens is 639 g/mol. The second-order valence-corrected chi connectivity index (χ2v) is 15.2. The number of benzene rings is 3. The molecule has 2 heterocycles. The summed E-state index contributed by atoms with van der Waals surface area (Å²) >= 11 is 6.24. The molecule has 0 bridgehead atoms. The lowest BCUT2D eigenvalue weighted by Crippen LogP contribution is -2.58. The molecule has 0 radical (unpaired) electrons. The van der Waals surface area contributed by atoms with E-state index in [1.54, 1.807) is 46.8 Å². The summed E-state index contributed by atoms with van der Waals surface area (Å²) in [4.78, 5) is 14.5. The van der Waals surface area contributed by atoms with Crippen molar-refractivity contribution in [3.63, 3.8) is 0 Å². The lowest BCUT2D eigenvalue weighted by molar-refractivity contribution is -0.127. The lowest BCUT2D eigenvalue weighted by atomic mass is 9.61. The van der Waals surface area contributed by atoms with Crippen LogP contribution in [-0.2, 0) is 31.4 Å². The minimum Gasteiger partial charge on any atom is -0.376 e. The molecule has 5 rings (SSSR count). The second-order valence-electron chi connectivity index (χ2n) is 12.9. The van der Waals surface area contributed by atoms with Crippen LogP contribution < -0.4 is 10.6 Å². The quantitative estimate of drug-likeness (QED) is 0.198. The maximum Gasteiger partial charge on any atom is 0.243 e. The van der Waals surface area contributed by atoms with Crippen LogP contribution in [0.3, 0.4) is 0 Å². The number of sulfonamides is 1. The molecule has 2 saturated heterocycles. The molecule has 3 aromatic rings. The predicted molar refractivity (Wildman–Crippen MR) is 184 cm³/mol. The number of rotatable bonds is 11. The highest BCUT2D eigenvalue weighted by molar-refractivity contribution is 7.89. The van der Waals surface area contributed by atoms with Gasteiger partial charge in [-0.15, -0.1) is 0 Å². The Morgan fingerprint density at radius 1 is 1.06 bits per heavy atom. The summed E-state index contributed by atoms with van der Waals surface area (Å²) in [5, 5.41) is 15.0. The maximum atomic E-state index is 15.5. The summed E-state index contributed by atoms with van der Waals surface area (Å²) < 4.78 is 50.6. The Hall–Kier alpha value is -3.15. The summed E-state index contributed by atoms with van der Waals surface area (Å²) in [5.41, 5.74) is 0.967. The maximum absolute atomic E-state index is 15.5. The Labute approximate surface area is 282 Å². The van der Waals surface area contributed by atoms with Crippen molar-refractivity contribution in [2.24, 2.45) is 5.92 Å². The zero-order chi connectivity index (χ0) is 33.8. The molecule has 5 atom stereocenters. The van der Waals surface area contributed by atoms with E-state index >= 15 is 4.39 Å². The van der Waals surface area contributed by atoms with Crippen molar-refractivity contribution in [2.75, 3.05) is 18.4 Å². The van der Waals surface area contributed by atoms with Crippen molar-refractivity contribution in [3.05, 3.63) is 94.8 Å². The second kappa shape index (κ2) is 15.0. The van der Waals surface area contributed by atoms with Crippen LogP contribution in [0.25, 0.3) is 0 Å². The Morgan fingerprint density at radius 3 is 2.40 bits per heavy atom. The van der Waals surface area contributed by atoms with E-state index in [9.17, 15) is 13.2 Å². The minimum absolute atomic E-state index is 0.123. The number of halogens is 2. The van der Waals surface area contributed by atoms with Crippen LogP contribution in [-0.4, -0.2) is 62.2 Å². The normalized spacial score (nSPS) is 26.0. The van der Waals surface area contributed by atoms with E-state index in [1.807, 2.05) is 45.0 Å². The molecular formula is C36H44ClFN4O4S. The average Bonchev–Trinajstić information content (AvgIpc) is 3.03. The number of carbonyl (C=O) groups excluding carboxylic acids is 1. The van der Waals surface area contributed by atoms with Crippen molar-refractivity contribution in [2.45, 2.75) is 87.5 Å². The minimum atomic E-state index is -3.79. The van der Waals surface area contributed by atoms with Crippen LogP contribution in [0.15, 0.2) is 77.7 Å². The highest BCUT2D eigenvalue weighted by Crippen LogP contribution is 2.47. The summed E-state index contributed by atoms with van der Waals surface area (Å²) in [6.45, 7) is 6.79. The Bertz CT molecular complexity index is 1650. The van der Waals surface area contributed by atoms with Crippen LogP contribution in [0.5, 0.6) is 0 Å². The van der Waals surface area contributed by atoms with Gasteiger partial charge < -0.3 is 20.8 Å². The number of carbonyl (C=O) groups is 1. The predicted octanol–water partition coefficient (Wildman–Crippen LogP) is 6.58. The first-order chi connectivity index (χ1) is 22.5. The van der Waals surface area contributed by atoms with Crippen LogP contribution in [0.2, 0.25) is 5.02 Å². The molecule has 0 aromatic heterocycles. The van der Waals surface area contributed by atoms with Gasteiger partial charge in [0.25, 0.3) is 0 Å². The van der Waals surface area contributed by atoms with Gasteiger partial charge in [0.15, 0.2) is 0 Å². The molecule has 3 aromatic carbocycles. The molecule has 2 aliphatic rings. The number of ether oxygens (including phenoxy) is 1. The Kier molecular flexibility index (Phi) is 11.2. The van der Waals surface area contributed by atoms with E-state index < -0.39 is 33.2 Å². The molecule has 2 fully saturated rings. The fourth-order valence-corrected chi connectivity index (χ4v) is 9.63. The van der Waals surface area contributed by atoms with Gasteiger partial charge in [-0.25, -0.2) is 12.8 Å². The molecule has 8 nitrogen and oxygen atoms in total. The van der Waals surface area contributed by atoms with Gasteiger partial charge in [0.1, 0.15) is 5.82 Å². The number of hydrogen-bond donors (Lipinski definition) is 3. The van der Waals surface area contributed by atoms with Gasteiger partial charge in [-0.05, 0) is 101 Å². The Balaban J connectivity index is 1.43. The molecule has 252 valence electrons. The highest BCUT2D eigenvalue weighted by atomic mass is 35.5. The topological polar surface area (TPSA) is 112 Å². The van der Waals surface area contributed by atoms with Gasteiger partial charge in [-0.3, -0.25) is 4.79 Å². The van der Waals surface area contributed by atoms with Gasteiger partial charge in [0.2, 0.25) is 15.9 Å². The fraction of sp³-hybridized carbons (Fsp3) is 0.444. The first-order valence-corrected chi connectivity index (χ1v) is 18.1. The third kappa shape index (κ3) is 7.62. The van der Waals surface area contributed by atoms with E-state index in [2.05, 4.69) is 10.6 Å². The molecule has 0 aliphatic carbocycles. The third-order valence-corrected chi connectivity index (χ3v) is 11.9. The van der Waals surface area contributed by atoms with Gasteiger partial charge in [0, 0.05) is 46.9 Å². The lowest BCUT2D eigenvalue weighted by Gasteiger charge is -2.47. The van der Waals surface area contributed by atoms with Gasteiger partial charge in [0.05, 0.1) is 23.0 Å². The molecule has 1 amide bonds. The van der Waals surface area contributed by atoms with E-state index in [-0.39, 0.29) is 41.9 Å². The zero-order valence-electron chi connectivity index (χ0n) is 27.1. The zero-order valence-corrected chi connectivity index (χ0v) is 28.7. The summed E-state index contributed by atoms with van der Waals surface area (Å²) in [6.07, 6.45) is 2.90. The van der Waals surface area contributed by atoms with E-state index in [4.69, 9.17) is 21.7 Å². The molecule has 3 N–H and O–H groups in total. The summed E-state index contributed by atoms with van der Waals surface area (Å²) in [5.74, 6) is -1.42. The number of piperazine rings is 1. The molecule has 5 unspecified atom stereocenters. The molecule has 0 spiro atoms. The smallest absolute Gasteiger partial charge is 0.243 e. The fourth-order valence-electron chi connectivity index (χ4n) is 7.64. The van der Waals surface area contributed by atoms with E-state index in [0.29, 0.717) is 48.6 Å². The largest absolute Gasteiger partial charge is 0.376 e. The van der Waals surface area contributed by atoms with Gasteiger partial charge in [-0.1, -0.05) is 48.0 Å². The average molecular weight is 683 g/mol. The van der Waals surface area contributed by atoms with Crippen molar-refractivity contribution >= 4 is 39.4 Å². The monoisotopic (exact) mass is 682 g/mol. The number of nitrogens with one attached hydrogen (secondary N) is 3. The summed E-state index contributed by atoms with van der Waals surface area (Å²) in [6, 6.07) is 19.8. The van der Waals surface area contributed by atoms with E-state index in [1.165, 1.54) is 12.3 Å². The number of amides is 1. The van der Waals surface area contributed by atoms with E-state index in [0.717, 1.165) is 5.56 Å². The van der Waals surface area contributed by atoms with Crippen LogP contribution >= 0.6 is 11.6 Å². The van der Waals surface area contributed by atoms with Crippen LogP contribution in [0.1, 0.15) is 57.6 Å². The Morgan fingerprint density at radius 2 is 1.74 bits per heavy atom. The van der Waals surface area contributed by atoms with Crippen LogP contribution in [0.4, 0.5) is 10.1 Å². The SMILES string of the molecule is CC1CC(c2ccc(Cl)cc2)(C(CC=N)C(=O)Nc2cccc(F)c2CCC2CNCC(C)N2S(=O)(=O)c2ccccc2)CC(C)O1. The van der Waals surface area contributed by atoms with Crippen molar-refractivity contribution < 1.29 is 22.3 Å². The highest BCUT2D eigenvalue weighted by Gasteiger charge is 2.48. The van der Waals surface area contributed by atoms with Gasteiger partial charge in [-0.2, -0.15) is 4.31 Å². The molecule has 2 aliphatic heterocycles. The standard InChI is InChI=1S/C36H44ClFN4O4S/c1-24-22-40-23-29(42(24)47(44,45)30-8-5-4-6-9-30)16-17-31-33(38)10-7-11-34(31)41-35(43)32(18-19-39)36(20-25(2)46-26(3)21-36)27-12-14-28(37)15-13-27/h4-15,19,24-26,29,32,39-40H,16-18,20-23H2,1-3H3,(H,41,43). The number of anilines is 1.